The third kappa shape index (κ3) is 3.94. The normalized spacial score (nSPS) is 12.4. The summed E-state index contributed by atoms with van der Waals surface area (Å²) in [6.07, 6.45) is 7.13. The number of rotatable bonds is 6. The van der Waals surface area contributed by atoms with E-state index in [2.05, 4.69) is 41.2 Å². The topological polar surface area (TPSA) is 64.9 Å². The summed E-state index contributed by atoms with van der Waals surface area (Å²) in [5, 5.41) is 7.45. The highest BCUT2D eigenvalue weighted by Gasteiger charge is 2.09. The Morgan fingerprint density at radius 3 is 2.70 bits per heavy atom. The van der Waals surface area contributed by atoms with Crippen molar-refractivity contribution in [3.8, 4) is 5.88 Å². The van der Waals surface area contributed by atoms with Crippen LogP contribution in [-0.4, -0.2) is 26.4 Å². The standard InChI is InChI=1S/C14H21N5O/c1-10(2)9-20-14-7-15-6-13(18-14)17-11(3)12-5-16-19(4)8-12/h5-8,10-11H,9H2,1-4H3,(H,17,18)/t11-/m1/s1. The molecule has 1 N–H and O–H groups in total. The zero-order chi connectivity index (χ0) is 14.5. The van der Waals surface area contributed by atoms with Crippen molar-refractivity contribution in [2.24, 2.45) is 13.0 Å². The SMILES string of the molecule is CC(C)COc1cncc(N[C@H](C)c2cnn(C)c2)n1. The van der Waals surface area contributed by atoms with Gasteiger partial charge in [-0.3, -0.25) is 9.67 Å². The Morgan fingerprint density at radius 2 is 2.05 bits per heavy atom. The number of nitrogens with zero attached hydrogens (tertiary/aromatic N) is 4. The van der Waals surface area contributed by atoms with Crippen molar-refractivity contribution in [2.75, 3.05) is 11.9 Å². The van der Waals surface area contributed by atoms with Gasteiger partial charge in [0.05, 0.1) is 31.2 Å². The maximum atomic E-state index is 5.57. The lowest BCUT2D eigenvalue weighted by Crippen LogP contribution is -2.10. The fourth-order valence-electron chi connectivity index (χ4n) is 1.71. The van der Waals surface area contributed by atoms with Crippen molar-refractivity contribution in [3.63, 3.8) is 0 Å². The van der Waals surface area contributed by atoms with Crippen LogP contribution in [0.25, 0.3) is 0 Å². The molecule has 2 heterocycles. The van der Waals surface area contributed by atoms with Crippen LogP contribution >= 0.6 is 0 Å². The average Bonchev–Trinajstić information content (AvgIpc) is 2.84. The Morgan fingerprint density at radius 1 is 1.25 bits per heavy atom. The molecule has 0 aromatic carbocycles. The van der Waals surface area contributed by atoms with Crippen LogP contribution in [-0.2, 0) is 7.05 Å². The summed E-state index contributed by atoms with van der Waals surface area (Å²) in [4.78, 5) is 8.54. The van der Waals surface area contributed by atoms with Gasteiger partial charge >= 0.3 is 0 Å². The fourth-order valence-corrected chi connectivity index (χ4v) is 1.71. The Kier molecular flexibility index (Phi) is 4.55. The van der Waals surface area contributed by atoms with E-state index in [0.29, 0.717) is 24.2 Å². The van der Waals surface area contributed by atoms with E-state index in [1.165, 1.54) is 0 Å². The minimum Gasteiger partial charge on any atom is -0.476 e. The molecule has 0 aliphatic heterocycles. The molecule has 2 rings (SSSR count). The maximum absolute atomic E-state index is 5.57. The molecule has 0 saturated heterocycles. The zero-order valence-electron chi connectivity index (χ0n) is 12.4. The van der Waals surface area contributed by atoms with E-state index >= 15 is 0 Å². The van der Waals surface area contributed by atoms with Gasteiger partial charge in [0.2, 0.25) is 5.88 Å². The van der Waals surface area contributed by atoms with Crippen LogP contribution in [0.1, 0.15) is 32.4 Å². The van der Waals surface area contributed by atoms with Crippen LogP contribution in [0.5, 0.6) is 5.88 Å². The number of ether oxygens (including phenoxy) is 1. The van der Waals surface area contributed by atoms with E-state index in [0.717, 1.165) is 5.56 Å². The van der Waals surface area contributed by atoms with Crippen LogP contribution in [0, 0.1) is 5.92 Å². The summed E-state index contributed by atoms with van der Waals surface area (Å²) in [5.74, 6) is 1.70. The van der Waals surface area contributed by atoms with Crippen LogP contribution in [0.2, 0.25) is 0 Å². The second kappa shape index (κ2) is 6.36. The van der Waals surface area contributed by atoms with E-state index in [1.54, 1.807) is 17.1 Å². The highest BCUT2D eigenvalue weighted by Crippen LogP contribution is 2.18. The second-order valence-corrected chi connectivity index (χ2v) is 5.26. The quantitative estimate of drug-likeness (QED) is 0.877. The van der Waals surface area contributed by atoms with Gasteiger partial charge in [0.25, 0.3) is 0 Å². The minimum absolute atomic E-state index is 0.110. The molecule has 0 fully saturated rings. The van der Waals surface area contributed by atoms with Gasteiger partial charge in [-0.05, 0) is 12.8 Å². The van der Waals surface area contributed by atoms with Gasteiger partial charge in [0.15, 0.2) is 0 Å². The predicted molar refractivity (Wildman–Crippen MR) is 77.6 cm³/mol. The highest BCUT2D eigenvalue weighted by atomic mass is 16.5. The Balaban J connectivity index is 2.00. The highest BCUT2D eigenvalue weighted by molar-refractivity contribution is 5.36. The molecule has 0 bridgehead atoms. The van der Waals surface area contributed by atoms with E-state index in [-0.39, 0.29) is 6.04 Å². The molecule has 20 heavy (non-hydrogen) atoms. The average molecular weight is 275 g/mol. The molecule has 0 aliphatic rings. The van der Waals surface area contributed by atoms with Crippen molar-refractivity contribution in [2.45, 2.75) is 26.8 Å². The molecule has 0 amide bonds. The minimum atomic E-state index is 0.110. The molecule has 0 radical (unpaired) electrons. The van der Waals surface area contributed by atoms with E-state index in [9.17, 15) is 0 Å². The van der Waals surface area contributed by atoms with Gasteiger partial charge in [-0.2, -0.15) is 10.1 Å². The number of anilines is 1. The second-order valence-electron chi connectivity index (χ2n) is 5.26. The van der Waals surface area contributed by atoms with E-state index in [4.69, 9.17) is 4.74 Å². The number of nitrogens with one attached hydrogen (secondary N) is 1. The van der Waals surface area contributed by atoms with Crippen molar-refractivity contribution in [1.29, 1.82) is 0 Å². The van der Waals surface area contributed by atoms with Gasteiger partial charge in [-0.25, -0.2) is 0 Å². The third-order valence-electron chi connectivity index (χ3n) is 2.77. The van der Waals surface area contributed by atoms with Crippen molar-refractivity contribution >= 4 is 5.82 Å². The Bertz CT molecular complexity index is 552. The molecular weight excluding hydrogens is 254 g/mol. The molecule has 0 aliphatic carbocycles. The summed E-state index contributed by atoms with van der Waals surface area (Å²) in [6.45, 7) is 6.89. The van der Waals surface area contributed by atoms with Gasteiger partial charge < -0.3 is 10.1 Å². The predicted octanol–water partition coefficient (Wildman–Crippen LogP) is 2.42. The lowest BCUT2D eigenvalue weighted by Gasteiger charge is -2.13. The van der Waals surface area contributed by atoms with Crippen LogP contribution in [0.4, 0.5) is 5.82 Å². The number of hydrogen-bond acceptors (Lipinski definition) is 5. The lowest BCUT2D eigenvalue weighted by molar-refractivity contribution is 0.260. The Hall–Kier alpha value is -2.11. The summed E-state index contributed by atoms with van der Waals surface area (Å²) < 4.78 is 7.35. The van der Waals surface area contributed by atoms with Crippen molar-refractivity contribution < 1.29 is 4.74 Å². The monoisotopic (exact) mass is 275 g/mol. The van der Waals surface area contributed by atoms with Crippen LogP contribution in [0.15, 0.2) is 24.8 Å². The van der Waals surface area contributed by atoms with Crippen molar-refractivity contribution in [1.82, 2.24) is 19.7 Å². The van der Waals surface area contributed by atoms with Crippen molar-refractivity contribution in [3.05, 3.63) is 30.4 Å². The molecule has 108 valence electrons. The third-order valence-corrected chi connectivity index (χ3v) is 2.77. The smallest absolute Gasteiger partial charge is 0.234 e. The largest absolute Gasteiger partial charge is 0.476 e. The summed E-state index contributed by atoms with van der Waals surface area (Å²) in [6, 6.07) is 0.110. The molecule has 2 aromatic heterocycles. The molecule has 0 unspecified atom stereocenters. The first-order chi connectivity index (χ1) is 9.54. The van der Waals surface area contributed by atoms with Gasteiger partial charge in [0, 0.05) is 18.8 Å². The fraction of sp³-hybridized carbons (Fsp3) is 0.500. The van der Waals surface area contributed by atoms with E-state index in [1.807, 2.05) is 19.4 Å². The first-order valence-electron chi connectivity index (χ1n) is 6.74. The van der Waals surface area contributed by atoms with Crippen LogP contribution in [0.3, 0.4) is 0 Å². The van der Waals surface area contributed by atoms with Gasteiger partial charge in [-0.15, -0.1) is 0 Å². The molecule has 6 nitrogen and oxygen atoms in total. The van der Waals surface area contributed by atoms with Crippen LogP contribution < -0.4 is 10.1 Å². The first-order valence-corrected chi connectivity index (χ1v) is 6.74. The number of aromatic nitrogens is 4. The number of hydrogen-bond donors (Lipinski definition) is 1. The van der Waals surface area contributed by atoms with Gasteiger partial charge in [-0.1, -0.05) is 13.8 Å². The summed E-state index contributed by atoms with van der Waals surface area (Å²) in [5.41, 5.74) is 1.10. The molecule has 1 atom stereocenters. The Labute approximate surface area is 119 Å². The molecule has 6 heteroatoms. The lowest BCUT2D eigenvalue weighted by atomic mass is 10.2. The molecular formula is C14H21N5O. The number of aryl methyl sites for hydroxylation is 1. The molecule has 2 aromatic rings. The van der Waals surface area contributed by atoms with Gasteiger partial charge in [0.1, 0.15) is 5.82 Å². The summed E-state index contributed by atoms with van der Waals surface area (Å²) >= 11 is 0. The molecule has 0 spiro atoms. The zero-order valence-corrected chi connectivity index (χ0v) is 12.4. The molecule has 0 saturated carbocycles. The van der Waals surface area contributed by atoms with E-state index < -0.39 is 0 Å². The summed E-state index contributed by atoms with van der Waals surface area (Å²) in [7, 11) is 1.90. The maximum Gasteiger partial charge on any atom is 0.234 e. The first kappa shape index (κ1) is 14.3.